The van der Waals surface area contributed by atoms with E-state index in [0.29, 0.717) is 0 Å². The van der Waals surface area contributed by atoms with Gasteiger partial charge in [0.05, 0.1) is 0 Å². The highest BCUT2D eigenvalue weighted by atomic mass is 79.9. The van der Waals surface area contributed by atoms with Crippen molar-refractivity contribution in [2.45, 2.75) is 18.8 Å². The molecule has 19 heavy (non-hydrogen) atoms. The molecular formula is C16H17Br2N. The van der Waals surface area contributed by atoms with E-state index in [-0.39, 0.29) is 0 Å². The number of aryl methyl sites for hydroxylation is 1. The maximum absolute atomic E-state index is 3.56. The lowest BCUT2D eigenvalue weighted by Crippen LogP contribution is -2.17. The second kappa shape index (κ2) is 6.58. The van der Waals surface area contributed by atoms with Gasteiger partial charge in [-0.05, 0) is 30.2 Å². The normalized spacial score (nSPS) is 10.5. The lowest BCUT2D eigenvalue weighted by molar-refractivity contribution is 0.914. The minimum Gasteiger partial charge on any atom is -0.370 e. The van der Waals surface area contributed by atoms with Gasteiger partial charge in [0, 0.05) is 29.1 Å². The highest BCUT2D eigenvalue weighted by Gasteiger charge is 2.08. The van der Waals surface area contributed by atoms with Crippen molar-refractivity contribution < 1.29 is 0 Å². The van der Waals surface area contributed by atoms with Gasteiger partial charge >= 0.3 is 0 Å². The van der Waals surface area contributed by atoms with Crippen LogP contribution in [-0.2, 0) is 11.9 Å². The summed E-state index contributed by atoms with van der Waals surface area (Å²) in [7, 11) is 2.14. The van der Waals surface area contributed by atoms with E-state index in [1.165, 1.54) is 22.4 Å². The van der Waals surface area contributed by atoms with Crippen molar-refractivity contribution in [2.24, 2.45) is 0 Å². The molecule has 0 amide bonds. The van der Waals surface area contributed by atoms with Gasteiger partial charge in [0.1, 0.15) is 0 Å². The number of hydrogen-bond acceptors (Lipinski definition) is 1. The van der Waals surface area contributed by atoms with Crippen molar-refractivity contribution in [3.63, 3.8) is 0 Å². The molecule has 0 heterocycles. The molecule has 2 rings (SSSR count). The maximum Gasteiger partial charge on any atom is 0.0426 e. The first-order chi connectivity index (χ1) is 9.10. The van der Waals surface area contributed by atoms with Crippen LogP contribution >= 0.6 is 31.9 Å². The van der Waals surface area contributed by atoms with Crippen LogP contribution < -0.4 is 4.90 Å². The van der Waals surface area contributed by atoms with Crippen LogP contribution in [0.15, 0.2) is 46.9 Å². The van der Waals surface area contributed by atoms with E-state index < -0.39 is 0 Å². The first-order valence-electron chi connectivity index (χ1n) is 6.21. The molecule has 1 nitrogen and oxygen atoms in total. The predicted octanol–water partition coefficient (Wildman–Crippen LogP) is 5.29. The smallest absolute Gasteiger partial charge is 0.0426 e. The van der Waals surface area contributed by atoms with Crippen molar-refractivity contribution in [3.8, 4) is 0 Å². The SMILES string of the molecule is Cc1cccc(CN(C)c2cc(Br)ccc2CBr)c1. The van der Waals surface area contributed by atoms with Crippen LogP contribution in [0.3, 0.4) is 0 Å². The van der Waals surface area contributed by atoms with Gasteiger partial charge in [-0.15, -0.1) is 0 Å². The van der Waals surface area contributed by atoms with E-state index >= 15 is 0 Å². The summed E-state index contributed by atoms with van der Waals surface area (Å²) in [5, 5.41) is 0.869. The lowest BCUT2D eigenvalue weighted by atomic mass is 10.1. The molecule has 100 valence electrons. The van der Waals surface area contributed by atoms with Crippen LogP contribution in [0.25, 0.3) is 0 Å². The van der Waals surface area contributed by atoms with Gasteiger partial charge in [-0.2, -0.15) is 0 Å². The molecule has 0 aliphatic heterocycles. The van der Waals surface area contributed by atoms with E-state index in [1.54, 1.807) is 0 Å². The van der Waals surface area contributed by atoms with Crippen LogP contribution in [0.1, 0.15) is 16.7 Å². The van der Waals surface area contributed by atoms with Crippen molar-refractivity contribution in [1.82, 2.24) is 0 Å². The number of alkyl halides is 1. The Balaban J connectivity index is 2.24. The van der Waals surface area contributed by atoms with Crippen molar-refractivity contribution in [1.29, 1.82) is 0 Å². The van der Waals surface area contributed by atoms with Crippen LogP contribution in [0, 0.1) is 6.92 Å². The first kappa shape index (κ1) is 14.6. The molecule has 3 heteroatoms. The Morgan fingerprint density at radius 3 is 2.58 bits per heavy atom. The van der Waals surface area contributed by atoms with Crippen LogP contribution in [0.4, 0.5) is 5.69 Å². The molecule has 0 aliphatic carbocycles. The molecule has 0 saturated carbocycles. The number of halogens is 2. The molecule has 0 spiro atoms. The molecule has 0 fully saturated rings. The van der Waals surface area contributed by atoms with Gasteiger partial charge < -0.3 is 4.90 Å². The summed E-state index contributed by atoms with van der Waals surface area (Å²) in [5.41, 5.74) is 5.20. The van der Waals surface area contributed by atoms with Crippen molar-refractivity contribution >= 4 is 37.5 Å². The Morgan fingerprint density at radius 1 is 1.11 bits per heavy atom. The molecule has 0 aliphatic rings. The zero-order chi connectivity index (χ0) is 13.8. The Kier molecular flexibility index (Phi) is 5.06. The maximum atomic E-state index is 3.56. The van der Waals surface area contributed by atoms with Crippen molar-refractivity contribution in [3.05, 3.63) is 63.6 Å². The quantitative estimate of drug-likeness (QED) is 0.649. The molecule has 0 radical (unpaired) electrons. The minimum absolute atomic E-state index is 0.869. The van der Waals surface area contributed by atoms with Gasteiger partial charge in [-0.1, -0.05) is 67.8 Å². The Bertz CT molecular complexity index is 566. The monoisotopic (exact) mass is 381 g/mol. The highest BCUT2D eigenvalue weighted by Crippen LogP contribution is 2.27. The third-order valence-corrected chi connectivity index (χ3v) is 4.20. The summed E-state index contributed by atoms with van der Waals surface area (Å²) < 4.78 is 1.11. The fourth-order valence-electron chi connectivity index (χ4n) is 2.17. The fourth-order valence-corrected chi connectivity index (χ4v) is 3.00. The average Bonchev–Trinajstić information content (AvgIpc) is 2.38. The molecule has 2 aromatic rings. The summed E-state index contributed by atoms with van der Waals surface area (Å²) in [6.45, 7) is 3.05. The Labute approximate surface area is 131 Å². The molecule has 0 saturated heterocycles. The van der Waals surface area contributed by atoms with Gasteiger partial charge in [0.2, 0.25) is 0 Å². The second-order valence-electron chi connectivity index (χ2n) is 4.75. The van der Waals surface area contributed by atoms with Crippen molar-refractivity contribution in [2.75, 3.05) is 11.9 Å². The van der Waals surface area contributed by atoms with E-state index in [9.17, 15) is 0 Å². The third-order valence-electron chi connectivity index (χ3n) is 3.10. The summed E-state index contributed by atoms with van der Waals surface area (Å²) >= 11 is 7.11. The first-order valence-corrected chi connectivity index (χ1v) is 8.12. The second-order valence-corrected chi connectivity index (χ2v) is 6.23. The van der Waals surface area contributed by atoms with E-state index in [2.05, 4.69) is 93.2 Å². The molecule has 0 atom stereocenters. The number of nitrogens with zero attached hydrogens (tertiary/aromatic N) is 1. The fraction of sp³-hybridized carbons (Fsp3) is 0.250. The molecule has 0 unspecified atom stereocenters. The average molecular weight is 383 g/mol. The lowest BCUT2D eigenvalue weighted by Gasteiger charge is -2.22. The number of benzene rings is 2. The van der Waals surface area contributed by atoms with E-state index in [4.69, 9.17) is 0 Å². The zero-order valence-electron chi connectivity index (χ0n) is 11.2. The van der Waals surface area contributed by atoms with Gasteiger partial charge in [-0.25, -0.2) is 0 Å². The van der Waals surface area contributed by atoms with Gasteiger partial charge in [0.25, 0.3) is 0 Å². The van der Waals surface area contributed by atoms with Gasteiger partial charge in [-0.3, -0.25) is 0 Å². The number of hydrogen-bond donors (Lipinski definition) is 0. The van der Waals surface area contributed by atoms with Gasteiger partial charge in [0.15, 0.2) is 0 Å². The number of rotatable bonds is 4. The van der Waals surface area contributed by atoms with E-state index in [1.807, 2.05) is 0 Å². The van der Waals surface area contributed by atoms with Crippen LogP contribution in [0.5, 0.6) is 0 Å². The summed E-state index contributed by atoms with van der Waals surface area (Å²) in [6.07, 6.45) is 0. The minimum atomic E-state index is 0.869. The molecule has 0 bridgehead atoms. The highest BCUT2D eigenvalue weighted by molar-refractivity contribution is 9.10. The van der Waals surface area contributed by atoms with Crippen LogP contribution in [0.2, 0.25) is 0 Å². The summed E-state index contributed by atoms with van der Waals surface area (Å²) in [6, 6.07) is 15.1. The molecular weight excluding hydrogens is 366 g/mol. The topological polar surface area (TPSA) is 3.24 Å². The number of anilines is 1. The zero-order valence-corrected chi connectivity index (χ0v) is 14.3. The molecule has 0 N–H and O–H groups in total. The predicted molar refractivity (Wildman–Crippen MR) is 90.1 cm³/mol. The summed E-state index contributed by atoms with van der Waals surface area (Å²) in [5.74, 6) is 0. The molecule has 2 aromatic carbocycles. The molecule has 0 aromatic heterocycles. The van der Waals surface area contributed by atoms with E-state index in [0.717, 1.165) is 16.3 Å². The third kappa shape index (κ3) is 3.83. The Hall–Kier alpha value is -0.800. The largest absolute Gasteiger partial charge is 0.370 e. The standard InChI is InChI=1S/C16H17Br2N/c1-12-4-3-5-13(8-12)11-19(2)16-9-15(18)7-6-14(16)10-17/h3-9H,10-11H2,1-2H3. The summed E-state index contributed by atoms with van der Waals surface area (Å²) in [4.78, 5) is 2.29. The van der Waals surface area contributed by atoms with Crippen LogP contribution in [-0.4, -0.2) is 7.05 Å². The Morgan fingerprint density at radius 2 is 1.89 bits per heavy atom.